The van der Waals surface area contributed by atoms with Crippen LogP contribution in [0.5, 0.6) is 0 Å². The number of aromatic nitrogens is 1. The van der Waals surface area contributed by atoms with Crippen LogP contribution in [-0.4, -0.2) is 11.3 Å². The second kappa shape index (κ2) is 3.09. The van der Waals surface area contributed by atoms with Crippen LogP contribution in [0.25, 0.3) is 0 Å². The van der Waals surface area contributed by atoms with Gasteiger partial charge in [0.05, 0.1) is 0 Å². The fourth-order valence-corrected chi connectivity index (χ4v) is 0.914. The first-order chi connectivity index (χ1) is 5.51. The van der Waals surface area contributed by atoms with Crippen LogP contribution in [0.2, 0.25) is 0 Å². The lowest BCUT2D eigenvalue weighted by Crippen LogP contribution is -2.09. The number of carbonyl (C=O) groups excluding carboxylic acids is 1. The molecule has 0 saturated carbocycles. The minimum absolute atomic E-state index is 0.144. The Morgan fingerprint density at radius 1 is 1.58 bits per heavy atom. The van der Waals surface area contributed by atoms with E-state index in [4.69, 9.17) is 4.42 Å². The highest BCUT2D eigenvalue weighted by Crippen LogP contribution is 2.19. The van der Waals surface area contributed by atoms with Gasteiger partial charge in [-0.15, -0.1) is 0 Å². The van der Waals surface area contributed by atoms with Gasteiger partial charge < -0.3 is 4.42 Å². The largest absolute Gasteiger partial charge is 0.448 e. The Labute approximate surface area is 71.8 Å². The number of carbonyl (C=O) groups is 1. The van der Waals surface area contributed by atoms with Crippen molar-refractivity contribution in [2.45, 2.75) is 27.2 Å². The minimum atomic E-state index is 0.144. The van der Waals surface area contributed by atoms with Crippen molar-refractivity contribution in [3.8, 4) is 0 Å². The van der Waals surface area contributed by atoms with Crippen molar-refractivity contribution >= 4 is 6.29 Å². The standard InChI is InChI=1S/C9H13NO2/c1-9(2,3)4-8-10-7(5-11)6-12-8/h5-6H,4H2,1-3H3. The van der Waals surface area contributed by atoms with Gasteiger partial charge in [-0.2, -0.15) is 0 Å². The van der Waals surface area contributed by atoms with Crippen molar-refractivity contribution in [2.75, 3.05) is 0 Å². The predicted octanol–water partition coefficient (Wildman–Crippen LogP) is 2.08. The van der Waals surface area contributed by atoms with E-state index in [0.717, 1.165) is 6.42 Å². The van der Waals surface area contributed by atoms with Gasteiger partial charge in [-0.25, -0.2) is 4.98 Å². The van der Waals surface area contributed by atoms with E-state index in [2.05, 4.69) is 25.8 Å². The number of oxazole rings is 1. The van der Waals surface area contributed by atoms with E-state index in [1.54, 1.807) is 0 Å². The monoisotopic (exact) mass is 167 g/mol. The quantitative estimate of drug-likeness (QED) is 0.633. The summed E-state index contributed by atoms with van der Waals surface area (Å²) in [7, 11) is 0. The highest BCUT2D eigenvalue weighted by Gasteiger charge is 2.15. The van der Waals surface area contributed by atoms with Gasteiger partial charge in [-0.05, 0) is 5.41 Å². The Hall–Kier alpha value is -1.12. The van der Waals surface area contributed by atoms with Crippen LogP contribution in [-0.2, 0) is 6.42 Å². The molecule has 1 rings (SSSR count). The van der Waals surface area contributed by atoms with E-state index in [9.17, 15) is 4.79 Å². The second-order valence-electron chi connectivity index (χ2n) is 4.02. The van der Waals surface area contributed by atoms with Crippen LogP contribution in [0, 0.1) is 5.41 Å². The lowest BCUT2D eigenvalue weighted by atomic mass is 9.92. The first kappa shape index (κ1) is 8.97. The Bertz CT molecular complexity index is 270. The molecule has 0 unspecified atom stereocenters. The van der Waals surface area contributed by atoms with E-state index >= 15 is 0 Å². The maximum atomic E-state index is 10.3. The number of hydrogen-bond acceptors (Lipinski definition) is 3. The summed E-state index contributed by atoms with van der Waals surface area (Å²) in [5.74, 6) is 0.629. The molecule has 66 valence electrons. The molecule has 0 aliphatic heterocycles. The van der Waals surface area contributed by atoms with Crippen molar-refractivity contribution in [3.63, 3.8) is 0 Å². The number of nitrogens with zero attached hydrogens (tertiary/aromatic N) is 1. The van der Waals surface area contributed by atoms with Crippen molar-refractivity contribution in [3.05, 3.63) is 17.8 Å². The fraction of sp³-hybridized carbons (Fsp3) is 0.556. The zero-order valence-electron chi connectivity index (χ0n) is 7.63. The third kappa shape index (κ3) is 2.49. The topological polar surface area (TPSA) is 43.1 Å². The van der Waals surface area contributed by atoms with Gasteiger partial charge >= 0.3 is 0 Å². The molecule has 3 heteroatoms. The van der Waals surface area contributed by atoms with Gasteiger partial charge in [0.15, 0.2) is 12.2 Å². The molecule has 0 aliphatic carbocycles. The van der Waals surface area contributed by atoms with Crippen LogP contribution in [0.15, 0.2) is 10.7 Å². The second-order valence-corrected chi connectivity index (χ2v) is 4.02. The number of aldehydes is 1. The lowest BCUT2D eigenvalue weighted by Gasteiger charge is -2.14. The summed E-state index contributed by atoms with van der Waals surface area (Å²) in [6.45, 7) is 6.29. The first-order valence-electron chi connectivity index (χ1n) is 3.91. The van der Waals surface area contributed by atoms with Crippen LogP contribution in [0.4, 0.5) is 0 Å². The summed E-state index contributed by atoms with van der Waals surface area (Å²) in [5.41, 5.74) is 0.514. The molecule has 1 aromatic rings. The summed E-state index contributed by atoms with van der Waals surface area (Å²) < 4.78 is 5.09. The van der Waals surface area contributed by atoms with Gasteiger partial charge in [-0.3, -0.25) is 4.79 Å². The Morgan fingerprint density at radius 3 is 2.67 bits per heavy atom. The van der Waals surface area contributed by atoms with Crippen molar-refractivity contribution < 1.29 is 9.21 Å². The average Bonchev–Trinajstić information content (AvgIpc) is 2.32. The van der Waals surface area contributed by atoms with Crippen LogP contribution >= 0.6 is 0 Å². The molecule has 0 fully saturated rings. The smallest absolute Gasteiger partial charge is 0.195 e. The molecule has 0 aromatic carbocycles. The molecule has 0 bridgehead atoms. The Balaban J connectivity index is 2.70. The first-order valence-corrected chi connectivity index (χ1v) is 3.91. The van der Waals surface area contributed by atoms with E-state index < -0.39 is 0 Å². The van der Waals surface area contributed by atoms with Crippen molar-refractivity contribution in [2.24, 2.45) is 5.41 Å². The molecule has 0 amide bonds. The number of hydrogen-bond donors (Lipinski definition) is 0. The summed E-state index contributed by atoms with van der Waals surface area (Å²) in [6.07, 6.45) is 2.82. The average molecular weight is 167 g/mol. The van der Waals surface area contributed by atoms with Crippen molar-refractivity contribution in [1.82, 2.24) is 4.98 Å². The third-order valence-corrected chi connectivity index (χ3v) is 1.37. The van der Waals surface area contributed by atoms with Crippen molar-refractivity contribution in [1.29, 1.82) is 0 Å². The van der Waals surface area contributed by atoms with Gasteiger partial charge in [0.2, 0.25) is 0 Å². The maximum Gasteiger partial charge on any atom is 0.195 e. The zero-order chi connectivity index (χ0) is 9.19. The normalized spacial score (nSPS) is 11.6. The SMILES string of the molecule is CC(C)(C)Cc1nc(C=O)co1. The maximum absolute atomic E-state index is 10.3. The van der Waals surface area contributed by atoms with Gasteiger partial charge in [0.25, 0.3) is 0 Å². The summed E-state index contributed by atoms with van der Waals surface area (Å²) in [5, 5.41) is 0. The predicted molar refractivity (Wildman–Crippen MR) is 45.0 cm³/mol. The van der Waals surface area contributed by atoms with Crippen LogP contribution in [0.3, 0.4) is 0 Å². The molecule has 3 nitrogen and oxygen atoms in total. The van der Waals surface area contributed by atoms with Crippen LogP contribution in [0.1, 0.15) is 37.2 Å². The van der Waals surface area contributed by atoms with Gasteiger partial charge in [0, 0.05) is 6.42 Å². The molecule has 0 N–H and O–H groups in total. The molecule has 0 aliphatic rings. The highest BCUT2D eigenvalue weighted by molar-refractivity contribution is 5.70. The third-order valence-electron chi connectivity index (χ3n) is 1.37. The fourth-order valence-electron chi connectivity index (χ4n) is 0.914. The van der Waals surface area contributed by atoms with E-state index in [0.29, 0.717) is 17.9 Å². The van der Waals surface area contributed by atoms with Gasteiger partial charge in [0.1, 0.15) is 12.0 Å². The summed E-state index contributed by atoms with van der Waals surface area (Å²) >= 11 is 0. The highest BCUT2D eigenvalue weighted by atomic mass is 16.3. The summed E-state index contributed by atoms with van der Waals surface area (Å²) in [6, 6.07) is 0. The zero-order valence-corrected chi connectivity index (χ0v) is 7.63. The summed E-state index contributed by atoms with van der Waals surface area (Å²) in [4.78, 5) is 14.2. The molecule has 12 heavy (non-hydrogen) atoms. The molecule has 1 heterocycles. The number of rotatable bonds is 2. The van der Waals surface area contributed by atoms with E-state index in [-0.39, 0.29) is 5.41 Å². The van der Waals surface area contributed by atoms with Crippen LogP contribution < -0.4 is 0 Å². The molecule has 0 saturated heterocycles. The molecular formula is C9H13NO2. The molecule has 1 aromatic heterocycles. The minimum Gasteiger partial charge on any atom is -0.448 e. The van der Waals surface area contributed by atoms with E-state index in [1.165, 1.54) is 6.26 Å². The Morgan fingerprint density at radius 2 is 2.25 bits per heavy atom. The molecule has 0 spiro atoms. The molecule has 0 atom stereocenters. The van der Waals surface area contributed by atoms with E-state index in [1.807, 2.05) is 0 Å². The molecular weight excluding hydrogens is 154 g/mol. The Kier molecular flexibility index (Phi) is 2.31. The molecule has 0 radical (unpaired) electrons. The van der Waals surface area contributed by atoms with Gasteiger partial charge in [-0.1, -0.05) is 20.8 Å². The lowest BCUT2D eigenvalue weighted by molar-refractivity contribution is 0.111.